The van der Waals surface area contributed by atoms with Crippen LogP contribution < -0.4 is 14.8 Å². The van der Waals surface area contributed by atoms with E-state index in [1.54, 1.807) is 14.2 Å². The largest absolute Gasteiger partial charge is 0.493 e. The van der Waals surface area contributed by atoms with Crippen molar-refractivity contribution in [2.24, 2.45) is 0 Å². The van der Waals surface area contributed by atoms with Crippen LogP contribution in [0.25, 0.3) is 0 Å². The molecule has 20 heavy (non-hydrogen) atoms. The molecule has 1 unspecified atom stereocenters. The zero-order chi connectivity index (χ0) is 14.5. The molecule has 1 aromatic carbocycles. The van der Waals surface area contributed by atoms with Crippen LogP contribution in [0.5, 0.6) is 11.5 Å². The lowest BCUT2D eigenvalue weighted by atomic mass is 10.1. The number of methoxy groups -OCH3 is 2. The van der Waals surface area contributed by atoms with Crippen molar-refractivity contribution in [3.8, 4) is 11.5 Å². The fraction of sp³-hybridized carbons (Fsp3) is 0.429. The van der Waals surface area contributed by atoms with E-state index in [1.165, 1.54) is 0 Å². The number of hydrogen-bond donors (Lipinski definition) is 1. The molecule has 6 heteroatoms. The molecule has 0 aliphatic heterocycles. The Morgan fingerprint density at radius 2 is 2.00 bits per heavy atom. The van der Waals surface area contributed by atoms with Crippen LogP contribution in [0.4, 0.5) is 0 Å². The molecule has 0 saturated heterocycles. The number of hydrogen-bond acceptors (Lipinski definition) is 6. The van der Waals surface area contributed by atoms with Crippen molar-refractivity contribution in [3.63, 3.8) is 0 Å². The Morgan fingerprint density at radius 1 is 1.25 bits per heavy atom. The Morgan fingerprint density at radius 3 is 2.65 bits per heavy atom. The van der Waals surface area contributed by atoms with Gasteiger partial charge in [0.2, 0.25) is 5.89 Å². The van der Waals surface area contributed by atoms with Crippen molar-refractivity contribution in [1.82, 2.24) is 15.5 Å². The highest BCUT2D eigenvalue weighted by Crippen LogP contribution is 2.28. The molecule has 0 fully saturated rings. The first-order valence-corrected chi connectivity index (χ1v) is 6.38. The van der Waals surface area contributed by atoms with Gasteiger partial charge in [-0.2, -0.15) is 4.98 Å². The molecule has 2 aromatic rings. The third-order valence-electron chi connectivity index (χ3n) is 3.10. The Balaban J connectivity index is 2.15. The molecular formula is C14H19N3O3. The van der Waals surface area contributed by atoms with Crippen LogP contribution in [-0.4, -0.2) is 31.4 Å². The minimum absolute atomic E-state index is 0.0432. The number of nitrogens with zero attached hydrogens (tertiary/aromatic N) is 2. The second-order valence-electron chi connectivity index (χ2n) is 4.43. The van der Waals surface area contributed by atoms with Gasteiger partial charge < -0.3 is 19.3 Å². The third-order valence-corrected chi connectivity index (χ3v) is 3.10. The first-order valence-electron chi connectivity index (χ1n) is 6.38. The van der Waals surface area contributed by atoms with E-state index < -0.39 is 0 Å². The lowest BCUT2D eigenvalue weighted by molar-refractivity contribution is 0.343. The monoisotopic (exact) mass is 277 g/mol. The summed E-state index contributed by atoms with van der Waals surface area (Å²) in [6.45, 7) is 1.97. The van der Waals surface area contributed by atoms with Crippen molar-refractivity contribution >= 4 is 0 Å². The predicted molar refractivity (Wildman–Crippen MR) is 74.1 cm³/mol. The highest BCUT2D eigenvalue weighted by Gasteiger charge is 2.13. The van der Waals surface area contributed by atoms with Crippen LogP contribution in [0, 0.1) is 0 Å². The van der Waals surface area contributed by atoms with Gasteiger partial charge in [0.1, 0.15) is 0 Å². The molecule has 0 bridgehead atoms. The van der Waals surface area contributed by atoms with Gasteiger partial charge in [0.15, 0.2) is 17.3 Å². The van der Waals surface area contributed by atoms with Gasteiger partial charge in [-0.05, 0) is 31.7 Å². The van der Waals surface area contributed by atoms with Crippen LogP contribution in [0.15, 0.2) is 22.7 Å². The van der Waals surface area contributed by atoms with Crippen LogP contribution in [0.2, 0.25) is 0 Å². The summed E-state index contributed by atoms with van der Waals surface area (Å²) in [6, 6.07) is 5.78. The van der Waals surface area contributed by atoms with E-state index in [0.717, 1.165) is 5.56 Å². The lowest BCUT2D eigenvalue weighted by Crippen LogP contribution is -2.12. The Kier molecular flexibility index (Phi) is 4.57. The zero-order valence-corrected chi connectivity index (χ0v) is 12.1. The van der Waals surface area contributed by atoms with Crippen LogP contribution >= 0.6 is 0 Å². The first-order chi connectivity index (χ1) is 9.67. The van der Waals surface area contributed by atoms with Crippen LogP contribution in [0.1, 0.15) is 30.2 Å². The molecule has 0 saturated carbocycles. The molecule has 1 aromatic heterocycles. The maximum Gasteiger partial charge on any atom is 0.243 e. The smallest absolute Gasteiger partial charge is 0.243 e. The quantitative estimate of drug-likeness (QED) is 0.870. The van der Waals surface area contributed by atoms with Crippen molar-refractivity contribution in [3.05, 3.63) is 35.5 Å². The Hall–Kier alpha value is -2.08. The van der Waals surface area contributed by atoms with Crippen molar-refractivity contribution in [1.29, 1.82) is 0 Å². The number of aromatic nitrogens is 2. The molecule has 0 amide bonds. The summed E-state index contributed by atoms with van der Waals surface area (Å²) in [4.78, 5) is 4.36. The van der Waals surface area contributed by atoms with E-state index in [9.17, 15) is 0 Å². The van der Waals surface area contributed by atoms with Crippen molar-refractivity contribution in [2.75, 3.05) is 21.3 Å². The summed E-state index contributed by atoms with van der Waals surface area (Å²) in [5.74, 6) is 2.63. The zero-order valence-electron chi connectivity index (χ0n) is 12.1. The summed E-state index contributed by atoms with van der Waals surface area (Å²) in [6.07, 6.45) is 0.584. The maximum absolute atomic E-state index is 5.28. The second kappa shape index (κ2) is 6.38. The van der Waals surface area contributed by atoms with Crippen molar-refractivity contribution in [2.45, 2.75) is 19.4 Å². The van der Waals surface area contributed by atoms with Gasteiger partial charge in [-0.15, -0.1) is 0 Å². The Bertz CT molecular complexity index is 569. The van der Waals surface area contributed by atoms with Gasteiger partial charge in [0.05, 0.1) is 20.3 Å². The lowest BCUT2D eigenvalue weighted by Gasteiger charge is -2.08. The molecule has 0 radical (unpaired) electrons. The maximum atomic E-state index is 5.28. The predicted octanol–water partition coefficient (Wildman–Crippen LogP) is 1.96. The van der Waals surface area contributed by atoms with Crippen LogP contribution in [0.3, 0.4) is 0 Å². The number of benzene rings is 1. The molecule has 1 N–H and O–H groups in total. The van der Waals surface area contributed by atoms with Gasteiger partial charge in [0.25, 0.3) is 0 Å². The summed E-state index contributed by atoms with van der Waals surface area (Å²) >= 11 is 0. The highest BCUT2D eigenvalue weighted by molar-refractivity contribution is 5.43. The van der Waals surface area contributed by atoms with E-state index >= 15 is 0 Å². The minimum Gasteiger partial charge on any atom is -0.493 e. The summed E-state index contributed by atoms with van der Waals surface area (Å²) in [5, 5.41) is 7.04. The summed E-state index contributed by atoms with van der Waals surface area (Å²) < 4.78 is 15.7. The van der Waals surface area contributed by atoms with Gasteiger partial charge in [-0.3, -0.25) is 0 Å². The van der Waals surface area contributed by atoms with E-state index in [-0.39, 0.29) is 6.04 Å². The molecule has 0 aliphatic rings. The molecule has 1 atom stereocenters. The molecule has 0 spiro atoms. The molecule has 2 rings (SSSR count). The standard InChI is InChI=1S/C14H19N3O3/c1-9(15-2)14-16-13(17-20-14)8-10-5-6-11(18-3)12(7-10)19-4/h5-7,9,15H,8H2,1-4H3. The Labute approximate surface area is 118 Å². The average Bonchev–Trinajstić information content (AvgIpc) is 2.94. The fourth-order valence-corrected chi connectivity index (χ4v) is 1.81. The van der Waals surface area contributed by atoms with E-state index in [1.807, 2.05) is 32.2 Å². The topological polar surface area (TPSA) is 69.4 Å². The van der Waals surface area contributed by atoms with Gasteiger partial charge in [-0.1, -0.05) is 11.2 Å². The van der Waals surface area contributed by atoms with Gasteiger partial charge in [-0.25, -0.2) is 0 Å². The highest BCUT2D eigenvalue weighted by atomic mass is 16.5. The molecule has 0 aliphatic carbocycles. The molecule has 108 valence electrons. The number of ether oxygens (including phenoxy) is 2. The van der Waals surface area contributed by atoms with Crippen LogP contribution in [-0.2, 0) is 6.42 Å². The first kappa shape index (κ1) is 14.3. The molecule has 6 nitrogen and oxygen atoms in total. The third kappa shape index (κ3) is 3.08. The summed E-state index contributed by atoms with van der Waals surface area (Å²) in [7, 11) is 5.08. The van der Waals surface area contributed by atoms with Gasteiger partial charge in [0, 0.05) is 6.42 Å². The van der Waals surface area contributed by atoms with E-state index in [2.05, 4.69) is 15.5 Å². The normalized spacial score (nSPS) is 12.2. The average molecular weight is 277 g/mol. The number of nitrogens with one attached hydrogen (secondary N) is 1. The fourth-order valence-electron chi connectivity index (χ4n) is 1.81. The van der Waals surface area contributed by atoms with E-state index in [0.29, 0.717) is 29.6 Å². The second-order valence-corrected chi connectivity index (χ2v) is 4.43. The molecule has 1 heterocycles. The number of rotatable bonds is 6. The van der Waals surface area contributed by atoms with E-state index in [4.69, 9.17) is 14.0 Å². The van der Waals surface area contributed by atoms with Gasteiger partial charge >= 0.3 is 0 Å². The van der Waals surface area contributed by atoms with Crippen molar-refractivity contribution < 1.29 is 14.0 Å². The molecular weight excluding hydrogens is 258 g/mol. The SMILES string of the molecule is CNC(C)c1nc(Cc2ccc(OC)c(OC)c2)no1. The summed E-state index contributed by atoms with van der Waals surface area (Å²) in [5.41, 5.74) is 1.03. The minimum atomic E-state index is 0.0432.